The molecule has 1 amide bonds. The summed E-state index contributed by atoms with van der Waals surface area (Å²) in [5.41, 5.74) is 3.47. The van der Waals surface area contributed by atoms with Crippen molar-refractivity contribution in [3.8, 4) is 10.6 Å². The summed E-state index contributed by atoms with van der Waals surface area (Å²) >= 11 is 1.62. The summed E-state index contributed by atoms with van der Waals surface area (Å²) in [5.74, 6) is 0.0419. The summed E-state index contributed by atoms with van der Waals surface area (Å²) in [4.78, 5) is 22.1. The van der Waals surface area contributed by atoms with Gasteiger partial charge in [0.15, 0.2) is 5.69 Å². The Morgan fingerprint density at radius 3 is 3.04 bits per heavy atom. The fourth-order valence-electron chi connectivity index (χ4n) is 4.19. The van der Waals surface area contributed by atoms with Crippen LogP contribution in [0.15, 0.2) is 23.6 Å². The minimum atomic E-state index is 0.0419. The van der Waals surface area contributed by atoms with Crippen molar-refractivity contribution in [1.82, 2.24) is 25.0 Å². The Morgan fingerprint density at radius 2 is 2.23 bits per heavy atom. The largest absolute Gasteiger partial charge is 0.331 e. The third kappa shape index (κ3) is 2.38. The Morgan fingerprint density at radius 1 is 1.35 bits per heavy atom. The average Bonchev–Trinajstić information content (AvgIpc) is 3.22. The second kappa shape index (κ2) is 5.89. The van der Waals surface area contributed by atoms with E-state index in [9.17, 15) is 4.79 Å². The first kappa shape index (κ1) is 16.0. The monoisotopic (exact) mass is 367 g/mol. The molecule has 1 N–H and O–H groups in total. The van der Waals surface area contributed by atoms with Gasteiger partial charge in [-0.3, -0.25) is 14.8 Å². The summed E-state index contributed by atoms with van der Waals surface area (Å²) in [5, 5.41) is 11.3. The molecule has 2 aromatic heterocycles. The van der Waals surface area contributed by atoms with Gasteiger partial charge in [-0.15, -0.1) is 11.3 Å². The van der Waals surface area contributed by atoms with Crippen molar-refractivity contribution in [1.29, 1.82) is 0 Å². The van der Waals surface area contributed by atoms with Gasteiger partial charge in [0.05, 0.1) is 5.52 Å². The van der Waals surface area contributed by atoms with Gasteiger partial charge in [0.1, 0.15) is 5.01 Å². The SMILES string of the molecule is Cc1csc(-c2ccc3[nH]nc(C(=O)N4C[C@@H]5C4CCCN5C)c3c2)n1. The van der Waals surface area contributed by atoms with Gasteiger partial charge in [-0.1, -0.05) is 0 Å². The van der Waals surface area contributed by atoms with Gasteiger partial charge in [-0.2, -0.15) is 5.10 Å². The number of rotatable bonds is 2. The molecular formula is C19H21N5OS. The molecule has 5 rings (SSSR count). The van der Waals surface area contributed by atoms with Crippen LogP contribution in [0.2, 0.25) is 0 Å². The maximum atomic E-state index is 13.1. The van der Waals surface area contributed by atoms with Gasteiger partial charge in [-0.05, 0) is 51.6 Å². The molecule has 2 atom stereocenters. The van der Waals surface area contributed by atoms with Crippen molar-refractivity contribution < 1.29 is 4.79 Å². The molecule has 7 heteroatoms. The number of likely N-dealkylation sites (N-methyl/N-ethyl adjacent to an activating group) is 1. The molecule has 26 heavy (non-hydrogen) atoms. The molecule has 2 aliphatic heterocycles. The lowest BCUT2D eigenvalue weighted by Crippen LogP contribution is -2.69. The lowest BCUT2D eigenvalue weighted by atomic mass is 9.86. The number of nitrogens with zero attached hydrogens (tertiary/aromatic N) is 4. The van der Waals surface area contributed by atoms with Crippen molar-refractivity contribution in [2.45, 2.75) is 31.8 Å². The van der Waals surface area contributed by atoms with Gasteiger partial charge < -0.3 is 4.90 Å². The standard InChI is InChI=1S/C19H21N5OS/c1-11-10-26-18(20-11)12-5-6-14-13(8-12)17(22-21-14)19(25)24-9-16-15(24)4-3-7-23(16)2/h5-6,8,10,15-16H,3-4,7,9H2,1-2H3,(H,21,22)/t15?,16-/m1/s1. The van der Waals surface area contributed by atoms with Crippen molar-refractivity contribution >= 4 is 28.1 Å². The fraction of sp³-hybridized carbons (Fsp3) is 0.421. The van der Waals surface area contributed by atoms with E-state index in [0.717, 1.165) is 53.1 Å². The molecule has 134 valence electrons. The van der Waals surface area contributed by atoms with Crippen molar-refractivity contribution in [3.05, 3.63) is 35.0 Å². The molecule has 0 bridgehead atoms. The number of aromatic amines is 1. The van der Waals surface area contributed by atoms with Gasteiger partial charge in [-0.25, -0.2) is 4.98 Å². The van der Waals surface area contributed by atoms with E-state index in [4.69, 9.17) is 0 Å². The topological polar surface area (TPSA) is 65.1 Å². The second-order valence-corrected chi connectivity index (χ2v) is 8.20. The van der Waals surface area contributed by atoms with Crippen LogP contribution >= 0.6 is 11.3 Å². The summed E-state index contributed by atoms with van der Waals surface area (Å²) in [6.45, 7) is 3.93. The summed E-state index contributed by atoms with van der Waals surface area (Å²) in [6.07, 6.45) is 2.24. The van der Waals surface area contributed by atoms with Crippen LogP contribution in [-0.4, -0.2) is 63.1 Å². The van der Waals surface area contributed by atoms with Gasteiger partial charge in [0.25, 0.3) is 5.91 Å². The molecule has 1 unspecified atom stereocenters. The quantitative estimate of drug-likeness (QED) is 0.756. The van der Waals surface area contributed by atoms with Crippen LogP contribution in [0.3, 0.4) is 0 Å². The van der Waals surface area contributed by atoms with Gasteiger partial charge in [0.2, 0.25) is 0 Å². The molecule has 3 aromatic rings. The summed E-state index contributed by atoms with van der Waals surface area (Å²) in [7, 11) is 2.16. The highest BCUT2D eigenvalue weighted by Crippen LogP contribution is 2.33. The molecule has 4 heterocycles. The molecule has 1 aromatic carbocycles. The lowest BCUT2D eigenvalue weighted by molar-refractivity contribution is -0.0313. The second-order valence-electron chi connectivity index (χ2n) is 7.34. The van der Waals surface area contributed by atoms with Gasteiger partial charge in [0, 0.05) is 40.7 Å². The maximum Gasteiger partial charge on any atom is 0.275 e. The molecule has 2 fully saturated rings. The van der Waals surface area contributed by atoms with Crippen molar-refractivity contribution in [3.63, 3.8) is 0 Å². The number of H-pyrrole nitrogens is 1. The molecule has 6 nitrogen and oxygen atoms in total. The highest BCUT2D eigenvalue weighted by molar-refractivity contribution is 7.13. The molecule has 0 saturated carbocycles. The minimum Gasteiger partial charge on any atom is -0.331 e. The smallest absolute Gasteiger partial charge is 0.275 e. The van der Waals surface area contributed by atoms with Crippen LogP contribution < -0.4 is 0 Å². The Bertz CT molecular complexity index is 993. The molecule has 0 spiro atoms. The number of carbonyl (C=O) groups excluding carboxylic acids is 1. The van der Waals surface area contributed by atoms with Crippen LogP contribution in [0.5, 0.6) is 0 Å². The lowest BCUT2D eigenvalue weighted by Gasteiger charge is -2.54. The normalized spacial score (nSPS) is 23.1. The number of likely N-dealkylation sites (tertiary alicyclic amines) is 2. The van der Waals surface area contributed by atoms with E-state index < -0.39 is 0 Å². The first-order chi connectivity index (χ1) is 12.6. The molecule has 2 saturated heterocycles. The van der Waals surface area contributed by atoms with E-state index in [1.807, 2.05) is 35.4 Å². The predicted octanol–water partition coefficient (Wildman–Crippen LogP) is 2.91. The highest BCUT2D eigenvalue weighted by atomic mass is 32.1. The Kier molecular flexibility index (Phi) is 3.62. The Labute approximate surface area is 155 Å². The fourth-order valence-corrected chi connectivity index (χ4v) is 4.99. The third-order valence-electron chi connectivity index (χ3n) is 5.70. The Balaban J connectivity index is 1.48. The predicted molar refractivity (Wildman–Crippen MR) is 102 cm³/mol. The first-order valence-corrected chi connectivity index (χ1v) is 9.91. The summed E-state index contributed by atoms with van der Waals surface area (Å²) in [6, 6.07) is 6.89. The zero-order valence-corrected chi connectivity index (χ0v) is 15.7. The van der Waals surface area contributed by atoms with E-state index in [-0.39, 0.29) is 5.91 Å². The zero-order valence-electron chi connectivity index (χ0n) is 14.9. The van der Waals surface area contributed by atoms with E-state index in [1.54, 1.807) is 11.3 Å². The zero-order chi connectivity index (χ0) is 17.8. The van der Waals surface area contributed by atoms with Crippen LogP contribution in [0.25, 0.3) is 21.5 Å². The highest BCUT2D eigenvalue weighted by Gasteiger charge is 2.46. The average molecular weight is 367 g/mol. The first-order valence-electron chi connectivity index (χ1n) is 9.03. The van der Waals surface area contributed by atoms with E-state index in [1.165, 1.54) is 0 Å². The molecule has 0 aliphatic carbocycles. The number of nitrogens with one attached hydrogen (secondary N) is 1. The Hall–Kier alpha value is -2.25. The van der Waals surface area contributed by atoms with E-state index in [0.29, 0.717) is 17.8 Å². The maximum absolute atomic E-state index is 13.1. The minimum absolute atomic E-state index is 0.0419. The van der Waals surface area contributed by atoms with E-state index >= 15 is 0 Å². The van der Waals surface area contributed by atoms with Crippen LogP contribution in [0.1, 0.15) is 29.0 Å². The number of piperidine rings is 1. The number of aryl methyl sites for hydroxylation is 1. The van der Waals surface area contributed by atoms with Crippen LogP contribution in [0.4, 0.5) is 0 Å². The van der Waals surface area contributed by atoms with Crippen molar-refractivity contribution in [2.24, 2.45) is 0 Å². The van der Waals surface area contributed by atoms with Gasteiger partial charge >= 0.3 is 0 Å². The molecular weight excluding hydrogens is 346 g/mol. The number of fused-ring (bicyclic) bond motifs is 2. The number of amides is 1. The van der Waals surface area contributed by atoms with Crippen LogP contribution in [-0.2, 0) is 0 Å². The molecule has 2 aliphatic rings. The number of carbonyl (C=O) groups is 1. The summed E-state index contributed by atoms with van der Waals surface area (Å²) < 4.78 is 0. The number of hydrogen-bond acceptors (Lipinski definition) is 5. The van der Waals surface area contributed by atoms with Crippen molar-refractivity contribution in [2.75, 3.05) is 20.1 Å². The number of hydrogen-bond donors (Lipinski definition) is 1. The third-order valence-corrected chi connectivity index (χ3v) is 6.71. The number of benzene rings is 1. The number of thiazole rings is 1. The molecule has 0 radical (unpaired) electrons. The van der Waals surface area contributed by atoms with E-state index in [2.05, 4.69) is 27.1 Å². The van der Waals surface area contributed by atoms with Crippen LogP contribution in [0, 0.1) is 6.92 Å². The number of aromatic nitrogens is 3.